The minimum Gasteiger partial charge on any atom is -0.355 e. The molecular formula is C19H22N6OS. The third kappa shape index (κ3) is 3.25. The molecule has 1 N–H and O–H groups in total. The Balaban J connectivity index is 1.73. The number of benzene rings is 1. The molecule has 1 unspecified atom stereocenters. The Morgan fingerprint density at radius 2 is 1.96 bits per heavy atom. The average Bonchev–Trinajstić information content (AvgIpc) is 3.08. The summed E-state index contributed by atoms with van der Waals surface area (Å²) in [4.78, 5) is 11.9. The number of hydrogen-bond donors (Lipinski definition) is 1. The van der Waals surface area contributed by atoms with E-state index >= 15 is 0 Å². The molecule has 3 heterocycles. The summed E-state index contributed by atoms with van der Waals surface area (Å²) >= 11 is 0. The lowest BCUT2D eigenvalue weighted by atomic mass is 9.84. The SMILES string of the molecule is Cc1nc2ncnn2c(N2CC(C)(C)C2)c1Cc1ccc(S(=O)C=N)cc1. The topological polar surface area (TPSA) is 87.2 Å². The van der Waals surface area contributed by atoms with Crippen LogP contribution in [0, 0.1) is 17.7 Å². The number of rotatable bonds is 5. The van der Waals surface area contributed by atoms with Crippen LogP contribution in [0.15, 0.2) is 35.5 Å². The Kier molecular flexibility index (Phi) is 4.30. The third-order valence-electron chi connectivity index (χ3n) is 4.89. The van der Waals surface area contributed by atoms with Gasteiger partial charge < -0.3 is 4.90 Å². The summed E-state index contributed by atoms with van der Waals surface area (Å²) in [5.74, 6) is 1.68. The van der Waals surface area contributed by atoms with E-state index in [2.05, 4.69) is 33.8 Å². The van der Waals surface area contributed by atoms with Crippen molar-refractivity contribution in [3.05, 3.63) is 47.4 Å². The number of aryl methyl sites for hydroxylation is 1. The van der Waals surface area contributed by atoms with Crippen LogP contribution in [0.2, 0.25) is 0 Å². The van der Waals surface area contributed by atoms with Gasteiger partial charge in [-0.25, -0.2) is 9.19 Å². The van der Waals surface area contributed by atoms with Crippen molar-refractivity contribution in [2.45, 2.75) is 32.1 Å². The van der Waals surface area contributed by atoms with E-state index in [1.165, 1.54) is 0 Å². The quantitative estimate of drug-likeness (QED) is 0.541. The van der Waals surface area contributed by atoms with E-state index in [0.717, 1.165) is 41.3 Å². The molecule has 1 aliphatic rings. The first-order valence-electron chi connectivity index (χ1n) is 8.82. The first-order valence-corrected chi connectivity index (χ1v) is 10.0. The Morgan fingerprint density at radius 1 is 1.26 bits per heavy atom. The van der Waals surface area contributed by atoms with Gasteiger partial charge in [0.15, 0.2) is 0 Å². The highest BCUT2D eigenvalue weighted by molar-refractivity contribution is 7.98. The monoisotopic (exact) mass is 382 g/mol. The van der Waals surface area contributed by atoms with Crippen molar-refractivity contribution in [3.8, 4) is 0 Å². The number of anilines is 1. The lowest BCUT2D eigenvalue weighted by molar-refractivity contribution is 0.272. The summed E-state index contributed by atoms with van der Waals surface area (Å²) < 4.78 is 13.6. The van der Waals surface area contributed by atoms with Crippen molar-refractivity contribution in [3.63, 3.8) is 0 Å². The average molecular weight is 382 g/mol. The molecule has 2 aromatic heterocycles. The van der Waals surface area contributed by atoms with Crippen molar-refractivity contribution in [1.82, 2.24) is 19.6 Å². The summed E-state index contributed by atoms with van der Waals surface area (Å²) in [7, 11) is -1.38. The van der Waals surface area contributed by atoms with Gasteiger partial charge in [0.2, 0.25) is 0 Å². The van der Waals surface area contributed by atoms with Crippen molar-refractivity contribution in [2.24, 2.45) is 5.41 Å². The Hall–Kier alpha value is -2.61. The number of nitrogens with one attached hydrogen (secondary N) is 1. The van der Waals surface area contributed by atoms with Crippen LogP contribution in [0.4, 0.5) is 5.82 Å². The fraction of sp³-hybridized carbons (Fsp3) is 0.368. The molecule has 0 spiro atoms. The normalized spacial score (nSPS) is 16.9. The minimum absolute atomic E-state index is 0.291. The zero-order valence-electron chi connectivity index (χ0n) is 15.6. The van der Waals surface area contributed by atoms with E-state index in [1.54, 1.807) is 6.33 Å². The second kappa shape index (κ2) is 6.53. The van der Waals surface area contributed by atoms with Gasteiger partial charge in [0, 0.05) is 35.7 Å². The summed E-state index contributed by atoms with van der Waals surface area (Å²) in [6.45, 7) is 8.47. The highest BCUT2D eigenvalue weighted by atomic mass is 32.2. The number of fused-ring (bicyclic) bond motifs is 1. The Morgan fingerprint density at radius 3 is 2.59 bits per heavy atom. The lowest BCUT2D eigenvalue weighted by Crippen LogP contribution is -2.54. The van der Waals surface area contributed by atoms with E-state index in [4.69, 9.17) is 5.41 Å². The molecule has 4 rings (SSSR count). The maximum atomic E-state index is 11.7. The van der Waals surface area contributed by atoms with Gasteiger partial charge in [0.25, 0.3) is 5.78 Å². The summed E-state index contributed by atoms with van der Waals surface area (Å²) in [5.41, 5.74) is 4.42. The first kappa shape index (κ1) is 17.8. The van der Waals surface area contributed by atoms with Crippen LogP contribution in [0.5, 0.6) is 0 Å². The molecule has 1 atom stereocenters. The van der Waals surface area contributed by atoms with E-state index in [0.29, 0.717) is 22.5 Å². The van der Waals surface area contributed by atoms with Gasteiger partial charge in [0.1, 0.15) is 12.1 Å². The molecule has 0 radical (unpaired) electrons. The fourth-order valence-corrected chi connectivity index (χ4v) is 4.19. The van der Waals surface area contributed by atoms with Gasteiger partial charge in [-0.2, -0.15) is 14.6 Å². The van der Waals surface area contributed by atoms with Gasteiger partial charge in [-0.05, 0) is 30.0 Å². The molecule has 7 nitrogen and oxygen atoms in total. The maximum absolute atomic E-state index is 11.7. The van der Waals surface area contributed by atoms with Gasteiger partial charge in [-0.1, -0.05) is 26.0 Å². The summed E-state index contributed by atoms with van der Waals surface area (Å²) in [6.07, 6.45) is 2.25. The molecule has 1 fully saturated rings. The molecule has 1 aliphatic heterocycles. The predicted octanol–water partition coefficient (Wildman–Crippen LogP) is 2.58. The maximum Gasteiger partial charge on any atom is 0.254 e. The highest BCUT2D eigenvalue weighted by Gasteiger charge is 2.37. The zero-order valence-corrected chi connectivity index (χ0v) is 16.5. The van der Waals surface area contributed by atoms with Gasteiger partial charge >= 0.3 is 0 Å². The van der Waals surface area contributed by atoms with E-state index in [9.17, 15) is 4.21 Å². The molecule has 0 aliphatic carbocycles. The van der Waals surface area contributed by atoms with Crippen LogP contribution in [0.3, 0.4) is 0 Å². The Bertz CT molecular complexity index is 1030. The second-order valence-electron chi connectivity index (χ2n) is 7.73. The fourth-order valence-electron chi connectivity index (χ4n) is 3.65. The molecule has 140 valence electrons. The molecular weight excluding hydrogens is 360 g/mol. The molecule has 0 bridgehead atoms. The van der Waals surface area contributed by atoms with Crippen molar-refractivity contribution in [2.75, 3.05) is 18.0 Å². The standard InChI is InChI=1S/C19H22N6OS/c1-13-16(8-14-4-6-15(7-5-14)27(26)11-20)17(24-9-19(2,3)10-24)25-18(23-13)21-12-22-25/h4-7,11-12,20H,8-10H2,1-3H3. The summed E-state index contributed by atoms with van der Waals surface area (Å²) in [6, 6.07) is 7.57. The first-order chi connectivity index (χ1) is 12.9. The van der Waals surface area contributed by atoms with E-state index in [-0.39, 0.29) is 0 Å². The Labute approximate surface area is 160 Å². The van der Waals surface area contributed by atoms with E-state index in [1.807, 2.05) is 35.7 Å². The predicted molar refractivity (Wildman–Crippen MR) is 106 cm³/mol. The van der Waals surface area contributed by atoms with Crippen LogP contribution in [0.1, 0.15) is 30.7 Å². The van der Waals surface area contributed by atoms with Crippen molar-refractivity contribution in [1.29, 1.82) is 5.41 Å². The molecule has 3 aromatic rings. The van der Waals surface area contributed by atoms with Crippen LogP contribution >= 0.6 is 0 Å². The molecule has 27 heavy (non-hydrogen) atoms. The molecule has 0 saturated carbocycles. The van der Waals surface area contributed by atoms with Crippen LogP contribution in [-0.2, 0) is 17.2 Å². The number of aromatic nitrogens is 4. The van der Waals surface area contributed by atoms with Crippen LogP contribution < -0.4 is 4.90 Å². The lowest BCUT2D eigenvalue weighted by Gasteiger charge is -2.47. The zero-order chi connectivity index (χ0) is 19.2. The smallest absolute Gasteiger partial charge is 0.254 e. The van der Waals surface area contributed by atoms with Crippen LogP contribution in [0.25, 0.3) is 5.78 Å². The van der Waals surface area contributed by atoms with Crippen molar-refractivity contribution < 1.29 is 4.21 Å². The van der Waals surface area contributed by atoms with Crippen molar-refractivity contribution >= 4 is 27.9 Å². The highest BCUT2D eigenvalue weighted by Crippen LogP contribution is 2.36. The molecule has 8 heteroatoms. The van der Waals surface area contributed by atoms with E-state index < -0.39 is 10.8 Å². The molecule has 1 aromatic carbocycles. The van der Waals surface area contributed by atoms with Gasteiger partial charge in [-0.3, -0.25) is 5.41 Å². The molecule has 1 saturated heterocycles. The number of hydrogen-bond acceptors (Lipinski definition) is 6. The number of nitrogens with zero attached hydrogens (tertiary/aromatic N) is 5. The van der Waals surface area contributed by atoms with Gasteiger partial charge in [0.05, 0.1) is 16.3 Å². The largest absolute Gasteiger partial charge is 0.355 e. The molecule has 0 amide bonds. The second-order valence-corrected chi connectivity index (χ2v) is 9.03. The summed E-state index contributed by atoms with van der Waals surface area (Å²) in [5, 5.41) is 11.5. The third-order valence-corrected chi connectivity index (χ3v) is 5.84. The van der Waals surface area contributed by atoms with Gasteiger partial charge in [-0.15, -0.1) is 0 Å². The van der Waals surface area contributed by atoms with Crippen LogP contribution in [-0.4, -0.2) is 42.4 Å². The minimum atomic E-state index is -1.38.